The van der Waals surface area contributed by atoms with E-state index in [4.69, 9.17) is 14.2 Å². The van der Waals surface area contributed by atoms with Crippen LogP contribution >= 0.6 is 0 Å². The molecule has 1 saturated heterocycles. The summed E-state index contributed by atoms with van der Waals surface area (Å²) in [5.41, 5.74) is -0.285. The molecule has 2 aliphatic carbocycles. The van der Waals surface area contributed by atoms with Gasteiger partial charge in [0.2, 0.25) is 11.8 Å². The van der Waals surface area contributed by atoms with Gasteiger partial charge in [0.15, 0.2) is 5.82 Å². The lowest BCUT2D eigenvalue weighted by atomic mass is 9.72. The fraction of sp³-hybridized carbons (Fsp3) is 0.857. The summed E-state index contributed by atoms with van der Waals surface area (Å²) in [6.07, 6.45) is 10.7. The molecule has 0 bridgehead atoms. The van der Waals surface area contributed by atoms with E-state index in [0.717, 1.165) is 69.8 Å². The van der Waals surface area contributed by atoms with Crippen LogP contribution in [0.2, 0.25) is 0 Å². The average molecular weight is 376 g/mol. The molecule has 0 spiro atoms. The molecule has 0 radical (unpaired) electrons. The molecule has 3 fully saturated rings. The minimum atomic E-state index is -0.157. The zero-order valence-electron chi connectivity index (χ0n) is 16.8. The van der Waals surface area contributed by atoms with Gasteiger partial charge >= 0.3 is 0 Å². The molecular weight excluding hydrogens is 342 g/mol. The van der Waals surface area contributed by atoms with Gasteiger partial charge in [0.05, 0.1) is 0 Å². The van der Waals surface area contributed by atoms with Crippen LogP contribution in [0, 0.1) is 5.41 Å². The van der Waals surface area contributed by atoms with E-state index in [1.165, 1.54) is 19.3 Å². The smallest absolute Gasteiger partial charge is 0.229 e. The minimum Gasteiger partial charge on any atom is -0.385 e. The number of hydrogen-bond donors (Lipinski definition) is 0. The number of methoxy groups -OCH3 is 1. The van der Waals surface area contributed by atoms with E-state index in [9.17, 15) is 4.79 Å². The second-order valence-corrected chi connectivity index (χ2v) is 9.17. The van der Waals surface area contributed by atoms with E-state index in [-0.39, 0.29) is 10.8 Å². The van der Waals surface area contributed by atoms with Gasteiger partial charge in [-0.1, -0.05) is 31.3 Å². The molecule has 1 aromatic rings. The van der Waals surface area contributed by atoms with Crippen LogP contribution in [-0.2, 0) is 14.9 Å². The number of carbonyl (C=O) groups is 1. The number of hydrogen-bond acceptors (Lipinski definition) is 5. The third kappa shape index (κ3) is 3.78. The minimum absolute atomic E-state index is 0.128. The first kappa shape index (κ1) is 18.9. The second-order valence-electron chi connectivity index (χ2n) is 9.17. The molecule has 2 heterocycles. The van der Waals surface area contributed by atoms with Crippen LogP contribution in [-0.4, -0.2) is 47.8 Å². The van der Waals surface area contributed by atoms with Gasteiger partial charge in [0.25, 0.3) is 0 Å². The number of likely N-dealkylation sites (tertiary alicyclic amines) is 1. The standard InChI is InChI=1S/C21H33N3O3/c1-20(8-4-3-5-9-20)19(25)24-13-10-21(11-14-24,12-15-26-2)18-22-17(27-23-18)16-6-7-16/h16H,3-15H2,1-2H3. The molecule has 1 aliphatic heterocycles. The average Bonchev–Trinajstić information content (AvgIpc) is 3.43. The summed E-state index contributed by atoms with van der Waals surface area (Å²) < 4.78 is 10.9. The molecule has 0 N–H and O–H groups in total. The highest BCUT2D eigenvalue weighted by atomic mass is 16.5. The highest BCUT2D eigenvalue weighted by Crippen LogP contribution is 2.43. The van der Waals surface area contributed by atoms with Gasteiger partial charge in [-0.05, 0) is 44.9 Å². The van der Waals surface area contributed by atoms with Crippen LogP contribution in [0.25, 0.3) is 0 Å². The number of carbonyl (C=O) groups excluding carboxylic acids is 1. The van der Waals surface area contributed by atoms with E-state index in [1.54, 1.807) is 7.11 Å². The van der Waals surface area contributed by atoms with Crippen molar-refractivity contribution in [3.63, 3.8) is 0 Å². The first-order valence-electron chi connectivity index (χ1n) is 10.7. The summed E-state index contributed by atoms with van der Waals surface area (Å²) in [5, 5.41) is 4.35. The Bertz CT molecular complexity index is 653. The third-order valence-corrected chi connectivity index (χ3v) is 7.11. The first-order chi connectivity index (χ1) is 13.1. The highest BCUT2D eigenvalue weighted by molar-refractivity contribution is 5.82. The summed E-state index contributed by atoms with van der Waals surface area (Å²) in [4.78, 5) is 20.0. The fourth-order valence-corrected chi connectivity index (χ4v) is 4.90. The molecule has 3 aliphatic rings. The summed E-state index contributed by atoms with van der Waals surface area (Å²) >= 11 is 0. The summed E-state index contributed by atoms with van der Waals surface area (Å²) in [6.45, 7) is 4.41. The van der Waals surface area contributed by atoms with Crippen molar-refractivity contribution in [2.75, 3.05) is 26.8 Å². The Morgan fingerprint density at radius 1 is 1.19 bits per heavy atom. The molecule has 6 nitrogen and oxygen atoms in total. The Balaban J connectivity index is 1.46. The highest BCUT2D eigenvalue weighted by Gasteiger charge is 2.45. The van der Waals surface area contributed by atoms with Crippen molar-refractivity contribution < 1.29 is 14.1 Å². The number of rotatable bonds is 6. The van der Waals surface area contributed by atoms with Crippen LogP contribution in [0.1, 0.15) is 88.8 Å². The van der Waals surface area contributed by atoms with Crippen molar-refractivity contribution in [2.24, 2.45) is 5.41 Å². The Morgan fingerprint density at radius 3 is 2.52 bits per heavy atom. The second kappa shape index (κ2) is 7.53. The maximum Gasteiger partial charge on any atom is 0.229 e. The van der Waals surface area contributed by atoms with Crippen LogP contribution in [0.15, 0.2) is 4.52 Å². The molecule has 150 valence electrons. The fourth-order valence-electron chi connectivity index (χ4n) is 4.90. The molecule has 1 amide bonds. The van der Waals surface area contributed by atoms with Crippen LogP contribution in [0.4, 0.5) is 0 Å². The van der Waals surface area contributed by atoms with Gasteiger partial charge in [0, 0.05) is 43.6 Å². The van der Waals surface area contributed by atoms with Crippen molar-refractivity contribution in [1.29, 1.82) is 0 Å². The quantitative estimate of drug-likeness (QED) is 0.756. The van der Waals surface area contributed by atoms with E-state index in [2.05, 4.69) is 17.0 Å². The lowest BCUT2D eigenvalue weighted by Gasteiger charge is -2.43. The maximum atomic E-state index is 13.2. The third-order valence-electron chi connectivity index (χ3n) is 7.11. The first-order valence-corrected chi connectivity index (χ1v) is 10.7. The summed E-state index contributed by atoms with van der Waals surface area (Å²) in [7, 11) is 1.74. The predicted molar refractivity (Wildman–Crippen MR) is 101 cm³/mol. The summed E-state index contributed by atoms with van der Waals surface area (Å²) in [6, 6.07) is 0. The predicted octanol–water partition coefficient (Wildman–Crippen LogP) is 3.81. The number of nitrogens with zero attached hydrogens (tertiary/aromatic N) is 3. The molecule has 2 saturated carbocycles. The van der Waals surface area contributed by atoms with E-state index < -0.39 is 0 Å². The zero-order chi connectivity index (χ0) is 18.9. The number of aromatic nitrogens is 2. The Labute approximate surface area is 162 Å². The largest absolute Gasteiger partial charge is 0.385 e. The monoisotopic (exact) mass is 375 g/mol. The molecule has 0 aromatic carbocycles. The van der Waals surface area contributed by atoms with Gasteiger partial charge in [0.1, 0.15) is 0 Å². The molecule has 4 rings (SSSR count). The normalized spacial score (nSPS) is 24.7. The molecule has 6 heteroatoms. The van der Waals surface area contributed by atoms with Gasteiger partial charge in [-0.15, -0.1) is 0 Å². The molecule has 27 heavy (non-hydrogen) atoms. The van der Waals surface area contributed by atoms with Gasteiger partial charge in [-0.2, -0.15) is 4.98 Å². The Kier molecular flexibility index (Phi) is 5.28. The molecule has 1 aromatic heterocycles. The van der Waals surface area contributed by atoms with Crippen molar-refractivity contribution in [3.8, 4) is 0 Å². The number of amides is 1. The lowest BCUT2D eigenvalue weighted by molar-refractivity contribution is -0.145. The van der Waals surface area contributed by atoms with E-state index in [0.29, 0.717) is 18.4 Å². The molecule has 0 unspecified atom stereocenters. The van der Waals surface area contributed by atoms with Crippen molar-refractivity contribution in [1.82, 2.24) is 15.0 Å². The SMILES string of the molecule is COCCC1(c2noc(C3CC3)n2)CCN(C(=O)C2(C)CCCCC2)CC1. The number of ether oxygens (including phenoxy) is 1. The van der Waals surface area contributed by atoms with Gasteiger partial charge in [-0.3, -0.25) is 4.79 Å². The Hall–Kier alpha value is -1.43. The van der Waals surface area contributed by atoms with Crippen LogP contribution in [0.5, 0.6) is 0 Å². The molecular formula is C21H33N3O3. The van der Waals surface area contributed by atoms with E-state index >= 15 is 0 Å². The maximum absolute atomic E-state index is 13.2. The van der Waals surface area contributed by atoms with Gasteiger partial charge in [-0.25, -0.2) is 0 Å². The van der Waals surface area contributed by atoms with Gasteiger partial charge < -0.3 is 14.2 Å². The van der Waals surface area contributed by atoms with Crippen molar-refractivity contribution in [3.05, 3.63) is 11.7 Å². The van der Waals surface area contributed by atoms with Crippen LogP contribution < -0.4 is 0 Å². The van der Waals surface area contributed by atoms with Crippen molar-refractivity contribution >= 4 is 5.91 Å². The zero-order valence-corrected chi connectivity index (χ0v) is 16.8. The Morgan fingerprint density at radius 2 is 1.89 bits per heavy atom. The van der Waals surface area contributed by atoms with E-state index in [1.807, 2.05) is 0 Å². The van der Waals surface area contributed by atoms with Crippen LogP contribution in [0.3, 0.4) is 0 Å². The molecule has 0 atom stereocenters. The topological polar surface area (TPSA) is 68.5 Å². The lowest BCUT2D eigenvalue weighted by Crippen LogP contribution is -2.50. The number of piperidine rings is 1. The van der Waals surface area contributed by atoms with Crippen molar-refractivity contribution in [2.45, 2.75) is 82.5 Å². The summed E-state index contributed by atoms with van der Waals surface area (Å²) in [5.74, 6) is 2.46.